The maximum Gasteiger partial charge on any atom is 0.264 e. The topological polar surface area (TPSA) is 66.5 Å². The number of carbonyl (C=O) groups is 1. The molecule has 1 aliphatic rings. The summed E-state index contributed by atoms with van der Waals surface area (Å²) in [5, 5.41) is 2.91. The van der Waals surface area contributed by atoms with Crippen LogP contribution in [0.4, 0.5) is 5.69 Å². The molecule has 2 aromatic carbocycles. The van der Waals surface area contributed by atoms with Crippen LogP contribution < -0.4 is 9.62 Å². The number of allylic oxidation sites excluding steroid dienone is 1. The van der Waals surface area contributed by atoms with Crippen molar-refractivity contribution in [3.05, 3.63) is 71.3 Å². The van der Waals surface area contributed by atoms with Crippen LogP contribution >= 0.6 is 0 Å². The Morgan fingerprint density at radius 2 is 1.90 bits per heavy atom. The second kappa shape index (κ2) is 9.27. The zero-order valence-electron chi connectivity index (χ0n) is 17.0. The third kappa shape index (κ3) is 5.26. The standard InChI is InChI=1S/C23H28N2O3S/c1-18-8-6-12-21(16-18)25(2)29(27,28)22-13-7-11-20(17-22)23(26)24-15-14-19-9-4-3-5-10-19/h6-9,11-13,16-17H,3-5,10,14-15H2,1-2H3,(H,24,26). The minimum atomic E-state index is -3.76. The number of nitrogens with one attached hydrogen (secondary N) is 1. The number of hydrogen-bond donors (Lipinski definition) is 1. The smallest absolute Gasteiger partial charge is 0.264 e. The van der Waals surface area contributed by atoms with E-state index in [1.54, 1.807) is 18.2 Å². The quantitative estimate of drug-likeness (QED) is 0.684. The third-order valence-corrected chi connectivity index (χ3v) is 7.02. The molecule has 6 heteroatoms. The number of hydrogen-bond acceptors (Lipinski definition) is 3. The summed E-state index contributed by atoms with van der Waals surface area (Å²) < 4.78 is 27.3. The molecule has 0 radical (unpaired) electrons. The van der Waals surface area contributed by atoms with Gasteiger partial charge in [0.15, 0.2) is 0 Å². The lowest BCUT2D eigenvalue weighted by Gasteiger charge is -2.20. The number of carbonyl (C=O) groups excluding carboxylic acids is 1. The second-order valence-electron chi connectivity index (χ2n) is 7.45. The van der Waals surface area contributed by atoms with Gasteiger partial charge in [-0.25, -0.2) is 8.42 Å². The number of sulfonamides is 1. The zero-order chi connectivity index (χ0) is 20.9. The van der Waals surface area contributed by atoms with E-state index in [2.05, 4.69) is 11.4 Å². The molecule has 0 atom stereocenters. The molecule has 29 heavy (non-hydrogen) atoms. The lowest BCUT2D eigenvalue weighted by molar-refractivity contribution is 0.0954. The van der Waals surface area contributed by atoms with E-state index in [0.717, 1.165) is 24.8 Å². The lowest BCUT2D eigenvalue weighted by atomic mass is 9.97. The van der Waals surface area contributed by atoms with Crippen molar-refractivity contribution in [1.29, 1.82) is 0 Å². The molecule has 5 nitrogen and oxygen atoms in total. The molecule has 0 bridgehead atoms. The summed E-state index contributed by atoms with van der Waals surface area (Å²) in [5.74, 6) is -0.253. The number of nitrogens with zero attached hydrogens (tertiary/aromatic N) is 1. The predicted octanol–water partition coefficient (Wildman–Crippen LogP) is 4.44. The van der Waals surface area contributed by atoms with Gasteiger partial charge in [-0.1, -0.05) is 29.8 Å². The van der Waals surface area contributed by atoms with E-state index >= 15 is 0 Å². The van der Waals surface area contributed by atoms with Crippen molar-refractivity contribution in [3.8, 4) is 0 Å². The van der Waals surface area contributed by atoms with E-state index in [-0.39, 0.29) is 10.8 Å². The molecule has 1 aliphatic carbocycles. The molecule has 0 spiro atoms. The van der Waals surface area contributed by atoms with Crippen LogP contribution in [-0.4, -0.2) is 27.9 Å². The first kappa shape index (κ1) is 21.1. The molecule has 0 unspecified atom stereocenters. The van der Waals surface area contributed by atoms with Crippen molar-refractivity contribution >= 4 is 21.6 Å². The Morgan fingerprint density at radius 1 is 1.10 bits per heavy atom. The van der Waals surface area contributed by atoms with Crippen LogP contribution in [0, 0.1) is 6.92 Å². The van der Waals surface area contributed by atoms with Crippen LogP contribution in [0.25, 0.3) is 0 Å². The van der Waals surface area contributed by atoms with E-state index in [0.29, 0.717) is 17.8 Å². The Hall–Kier alpha value is -2.60. The number of amides is 1. The summed E-state index contributed by atoms with van der Waals surface area (Å²) in [4.78, 5) is 12.6. The van der Waals surface area contributed by atoms with Crippen molar-refractivity contribution < 1.29 is 13.2 Å². The Bertz CT molecular complexity index is 1010. The van der Waals surface area contributed by atoms with E-state index in [1.165, 1.54) is 41.9 Å². The first-order valence-electron chi connectivity index (χ1n) is 10.00. The Morgan fingerprint density at radius 3 is 2.62 bits per heavy atom. The van der Waals surface area contributed by atoms with Crippen molar-refractivity contribution in [2.45, 2.75) is 43.9 Å². The monoisotopic (exact) mass is 412 g/mol. The molecule has 0 saturated heterocycles. The average Bonchev–Trinajstić information content (AvgIpc) is 2.74. The Kier molecular flexibility index (Phi) is 6.75. The molecular weight excluding hydrogens is 384 g/mol. The molecular formula is C23H28N2O3S. The van der Waals surface area contributed by atoms with Crippen LogP contribution in [0.15, 0.2) is 65.1 Å². The lowest BCUT2D eigenvalue weighted by Crippen LogP contribution is -2.28. The number of rotatable bonds is 7. The minimum Gasteiger partial charge on any atom is -0.352 e. The molecule has 1 N–H and O–H groups in total. The first-order valence-corrected chi connectivity index (χ1v) is 11.4. The molecule has 0 aliphatic heterocycles. The van der Waals surface area contributed by atoms with E-state index in [1.807, 2.05) is 25.1 Å². The van der Waals surface area contributed by atoms with Gasteiger partial charge in [-0.15, -0.1) is 0 Å². The van der Waals surface area contributed by atoms with Gasteiger partial charge < -0.3 is 5.32 Å². The SMILES string of the molecule is Cc1cccc(N(C)S(=O)(=O)c2cccc(C(=O)NCCC3=CCCCC3)c2)c1. The Balaban J connectivity index is 1.70. The molecule has 3 rings (SSSR count). The molecule has 1 amide bonds. The van der Waals surface area contributed by atoms with E-state index in [4.69, 9.17) is 0 Å². The van der Waals surface area contributed by atoms with Gasteiger partial charge in [-0.2, -0.15) is 0 Å². The number of benzene rings is 2. The highest BCUT2D eigenvalue weighted by Gasteiger charge is 2.22. The normalized spacial score (nSPS) is 14.2. The van der Waals surface area contributed by atoms with Crippen molar-refractivity contribution in [2.24, 2.45) is 0 Å². The van der Waals surface area contributed by atoms with Gasteiger partial charge in [0.25, 0.3) is 15.9 Å². The van der Waals surface area contributed by atoms with Crippen molar-refractivity contribution in [3.63, 3.8) is 0 Å². The van der Waals surface area contributed by atoms with Crippen LogP contribution in [0.5, 0.6) is 0 Å². The van der Waals surface area contributed by atoms with Gasteiger partial charge in [-0.05, 0) is 74.9 Å². The van der Waals surface area contributed by atoms with E-state index < -0.39 is 10.0 Å². The predicted molar refractivity (Wildman–Crippen MR) is 117 cm³/mol. The summed E-state index contributed by atoms with van der Waals surface area (Å²) in [7, 11) is -2.24. The largest absolute Gasteiger partial charge is 0.352 e. The number of aryl methyl sites for hydroxylation is 1. The Labute approximate surface area is 173 Å². The maximum atomic E-state index is 13.0. The molecule has 154 valence electrons. The fourth-order valence-electron chi connectivity index (χ4n) is 3.49. The molecule has 0 saturated carbocycles. The first-order chi connectivity index (χ1) is 13.9. The average molecular weight is 413 g/mol. The molecule has 2 aromatic rings. The van der Waals surface area contributed by atoms with Crippen LogP contribution in [0.3, 0.4) is 0 Å². The number of anilines is 1. The van der Waals surface area contributed by atoms with Gasteiger partial charge in [0.1, 0.15) is 0 Å². The summed E-state index contributed by atoms with van der Waals surface area (Å²) in [6, 6.07) is 13.5. The van der Waals surface area contributed by atoms with Gasteiger partial charge in [0, 0.05) is 19.2 Å². The summed E-state index contributed by atoms with van der Waals surface area (Å²) in [6.45, 7) is 2.48. The van der Waals surface area contributed by atoms with Gasteiger partial charge in [0.05, 0.1) is 10.6 Å². The highest BCUT2D eigenvalue weighted by molar-refractivity contribution is 7.92. The molecule has 0 heterocycles. The fraction of sp³-hybridized carbons (Fsp3) is 0.348. The highest BCUT2D eigenvalue weighted by Crippen LogP contribution is 2.23. The van der Waals surface area contributed by atoms with Crippen LogP contribution in [0.2, 0.25) is 0 Å². The summed E-state index contributed by atoms with van der Waals surface area (Å²) >= 11 is 0. The summed E-state index contributed by atoms with van der Waals surface area (Å²) in [5.41, 5.74) is 3.31. The van der Waals surface area contributed by atoms with E-state index in [9.17, 15) is 13.2 Å². The third-order valence-electron chi connectivity index (χ3n) is 5.24. The van der Waals surface area contributed by atoms with Crippen LogP contribution in [-0.2, 0) is 10.0 Å². The zero-order valence-corrected chi connectivity index (χ0v) is 17.8. The van der Waals surface area contributed by atoms with Crippen LogP contribution in [0.1, 0.15) is 48.0 Å². The fourth-order valence-corrected chi connectivity index (χ4v) is 4.72. The summed E-state index contributed by atoms with van der Waals surface area (Å²) in [6.07, 6.45) is 7.80. The highest BCUT2D eigenvalue weighted by atomic mass is 32.2. The molecule has 0 fully saturated rings. The van der Waals surface area contributed by atoms with Gasteiger partial charge in [-0.3, -0.25) is 9.10 Å². The van der Waals surface area contributed by atoms with Crippen molar-refractivity contribution in [2.75, 3.05) is 17.9 Å². The minimum absolute atomic E-state index is 0.101. The molecule has 0 aromatic heterocycles. The van der Waals surface area contributed by atoms with Gasteiger partial charge >= 0.3 is 0 Å². The second-order valence-corrected chi connectivity index (χ2v) is 9.42. The van der Waals surface area contributed by atoms with Crippen molar-refractivity contribution in [1.82, 2.24) is 5.32 Å². The van der Waals surface area contributed by atoms with Gasteiger partial charge in [0.2, 0.25) is 0 Å². The maximum absolute atomic E-state index is 13.0.